The van der Waals surface area contributed by atoms with Crippen molar-refractivity contribution in [1.29, 1.82) is 0 Å². The molecule has 2 aromatic rings. The van der Waals surface area contributed by atoms with Crippen LogP contribution < -0.4 is 0 Å². The normalized spacial score (nSPS) is 11.3. The Morgan fingerprint density at radius 3 is 2.52 bits per heavy atom. The van der Waals surface area contributed by atoms with Gasteiger partial charge in [-0.2, -0.15) is 0 Å². The van der Waals surface area contributed by atoms with Crippen LogP contribution in [0.25, 0.3) is 5.69 Å². The maximum Gasteiger partial charge on any atom is 0.377 e. The van der Waals surface area contributed by atoms with Gasteiger partial charge in [-0.3, -0.25) is 0 Å². The van der Waals surface area contributed by atoms with Crippen molar-refractivity contribution in [2.24, 2.45) is 0 Å². The molecule has 0 fully saturated rings. The zero-order valence-corrected chi connectivity index (χ0v) is 12.5. The maximum atomic E-state index is 11.9. The molecule has 0 aliphatic rings. The van der Waals surface area contributed by atoms with Gasteiger partial charge < -0.3 is 4.74 Å². The van der Waals surface area contributed by atoms with Crippen LogP contribution in [-0.4, -0.2) is 42.0 Å². The van der Waals surface area contributed by atoms with Crippen molar-refractivity contribution in [2.45, 2.75) is 18.2 Å². The van der Waals surface area contributed by atoms with E-state index in [9.17, 15) is 13.2 Å². The number of aromatic nitrogens is 3. The van der Waals surface area contributed by atoms with Gasteiger partial charge in [0, 0.05) is 0 Å². The van der Waals surface area contributed by atoms with Crippen LogP contribution in [-0.2, 0) is 14.6 Å². The van der Waals surface area contributed by atoms with Gasteiger partial charge in [-0.05, 0) is 30.7 Å². The number of benzene rings is 1. The number of methoxy groups -OCH3 is 1. The molecule has 8 heteroatoms. The largest absolute Gasteiger partial charge is 0.463 e. The third kappa shape index (κ3) is 3.27. The van der Waals surface area contributed by atoms with E-state index >= 15 is 0 Å². The lowest BCUT2D eigenvalue weighted by Crippen LogP contribution is -2.07. The highest BCUT2D eigenvalue weighted by Gasteiger charge is 2.14. The summed E-state index contributed by atoms with van der Waals surface area (Å²) in [6.45, 7) is 1.82. The van der Waals surface area contributed by atoms with Crippen LogP contribution in [0, 0.1) is 0 Å². The van der Waals surface area contributed by atoms with Crippen molar-refractivity contribution >= 4 is 15.8 Å². The van der Waals surface area contributed by atoms with E-state index in [2.05, 4.69) is 14.8 Å². The number of sulfone groups is 1. The second kappa shape index (κ2) is 6.04. The topological polar surface area (TPSA) is 91.2 Å². The molecule has 0 saturated carbocycles. The molecule has 0 radical (unpaired) electrons. The lowest BCUT2D eigenvalue weighted by atomic mass is 10.3. The Morgan fingerprint density at radius 1 is 1.29 bits per heavy atom. The summed E-state index contributed by atoms with van der Waals surface area (Å²) in [6.07, 6.45) is 1.93. The maximum absolute atomic E-state index is 11.9. The number of hydrogen-bond donors (Lipinski definition) is 0. The molecule has 0 aliphatic heterocycles. The molecule has 0 atom stereocenters. The number of carbonyl (C=O) groups is 1. The summed E-state index contributed by atoms with van der Waals surface area (Å²) in [5, 5.41) is 3.96. The molecule has 112 valence electrons. The number of rotatable bonds is 5. The van der Waals surface area contributed by atoms with Crippen molar-refractivity contribution in [1.82, 2.24) is 14.8 Å². The van der Waals surface area contributed by atoms with Gasteiger partial charge in [-0.1, -0.05) is 6.92 Å². The first-order valence-corrected chi connectivity index (χ1v) is 7.96. The van der Waals surface area contributed by atoms with E-state index in [0.29, 0.717) is 12.1 Å². The quantitative estimate of drug-likeness (QED) is 0.772. The molecule has 1 heterocycles. The first-order valence-electron chi connectivity index (χ1n) is 6.31. The first kappa shape index (κ1) is 15.2. The summed E-state index contributed by atoms with van der Waals surface area (Å²) in [5.74, 6) is -0.571. The fourth-order valence-electron chi connectivity index (χ4n) is 1.77. The van der Waals surface area contributed by atoms with E-state index in [1.807, 2.05) is 6.92 Å². The number of carbonyl (C=O) groups excluding carboxylic acids is 1. The van der Waals surface area contributed by atoms with Crippen molar-refractivity contribution in [3.8, 4) is 5.69 Å². The number of hydrogen-bond acceptors (Lipinski definition) is 6. The van der Waals surface area contributed by atoms with E-state index in [4.69, 9.17) is 0 Å². The van der Waals surface area contributed by atoms with E-state index in [1.165, 1.54) is 30.3 Å². The van der Waals surface area contributed by atoms with Gasteiger partial charge in [0.1, 0.15) is 6.33 Å². The molecular weight excluding hydrogens is 294 g/mol. The highest BCUT2D eigenvalue weighted by Crippen LogP contribution is 2.15. The molecule has 0 aliphatic carbocycles. The number of nitrogens with zero attached hydrogens (tertiary/aromatic N) is 3. The summed E-state index contributed by atoms with van der Waals surface area (Å²) >= 11 is 0. The van der Waals surface area contributed by atoms with Gasteiger partial charge >= 0.3 is 5.97 Å². The zero-order chi connectivity index (χ0) is 15.5. The lowest BCUT2D eigenvalue weighted by Gasteiger charge is -2.04. The molecule has 1 aromatic heterocycles. The molecule has 0 N–H and O–H groups in total. The minimum Gasteiger partial charge on any atom is -0.463 e. The third-order valence-corrected chi connectivity index (χ3v) is 4.73. The summed E-state index contributed by atoms with van der Waals surface area (Å²) in [7, 11) is -1.99. The van der Waals surface area contributed by atoms with Gasteiger partial charge in [-0.25, -0.2) is 22.9 Å². The Labute approximate surface area is 122 Å². The second-order valence-corrected chi connectivity index (χ2v) is 6.43. The average Bonchev–Trinajstić information content (AvgIpc) is 2.96. The van der Waals surface area contributed by atoms with Crippen LogP contribution in [0.2, 0.25) is 0 Å². The van der Waals surface area contributed by atoms with Crippen LogP contribution >= 0.6 is 0 Å². The number of ether oxygens (including phenoxy) is 1. The van der Waals surface area contributed by atoms with Crippen LogP contribution in [0.15, 0.2) is 35.5 Å². The van der Waals surface area contributed by atoms with E-state index in [1.54, 1.807) is 12.1 Å². The second-order valence-electron chi connectivity index (χ2n) is 4.32. The van der Waals surface area contributed by atoms with Gasteiger partial charge in [0.2, 0.25) is 0 Å². The average molecular weight is 309 g/mol. The first-order chi connectivity index (χ1) is 9.97. The standard InChI is InChI=1S/C13H15N3O4S/c1-3-8-21(18,19)11-6-4-10(5-7-11)16-9-14-12(15-16)13(17)20-2/h4-7,9H,3,8H2,1-2H3. The molecule has 7 nitrogen and oxygen atoms in total. The van der Waals surface area contributed by atoms with Crippen molar-refractivity contribution in [3.05, 3.63) is 36.4 Å². The van der Waals surface area contributed by atoms with Crippen LogP contribution in [0.1, 0.15) is 24.0 Å². The van der Waals surface area contributed by atoms with E-state index in [-0.39, 0.29) is 16.5 Å². The van der Waals surface area contributed by atoms with Crippen LogP contribution in [0.3, 0.4) is 0 Å². The SMILES string of the molecule is CCCS(=O)(=O)c1ccc(-n2cnc(C(=O)OC)n2)cc1. The Bertz CT molecular complexity index is 735. The van der Waals surface area contributed by atoms with Crippen molar-refractivity contribution in [2.75, 3.05) is 12.9 Å². The fraction of sp³-hybridized carbons (Fsp3) is 0.308. The molecule has 21 heavy (non-hydrogen) atoms. The Hall–Kier alpha value is -2.22. The monoisotopic (exact) mass is 309 g/mol. The fourth-order valence-corrected chi connectivity index (χ4v) is 3.09. The highest BCUT2D eigenvalue weighted by atomic mass is 32.2. The summed E-state index contributed by atoms with van der Waals surface area (Å²) in [5.41, 5.74) is 0.605. The van der Waals surface area contributed by atoms with Crippen LogP contribution in [0.5, 0.6) is 0 Å². The smallest absolute Gasteiger partial charge is 0.377 e. The van der Waals surface area contributed by atoms with Crippen molar-refractivity contribution in [3.63, 3.8) is 0 Å². The van der Waals surface area contributed by atoms with Gasteiger partial charge in [0.05, 0.1) is 23.4 Å². The molecule has 0 unspecified atom stereocenters. The van der Waals surface area contributed by atoms with Gasteiger partial charge in [0.15, 0.2) is 9.84 Å². The minimum absolute atomic E-state index is 0.0554. The molecular formula is C13H15N3O4S. The molecule has 2 rings (SSSR count). The zero-order valence-electron chi connectivity index (χ0n) is 11.7. The molecule has 0 bridgehead atoms. The van der Waals surface area contributed by atoms with Gasteiger partial charge in [-0.15, -0.1) is 5.10 Å². The molecule has 0 spiro atoms. The molecule has 1 aromatic carbocycles. The summed E-state index contributed by atoms with van der Waals surface area (Å²) < 4.78 is 29.7. The van der Waals surface area contributed by atoms with Crippen molar-refractivity contribution < 1.29 is 17.9 Å². The summed E-state index contributed by atoms with van der Waals surface area (Å²) in [6, 6.07) is 6.25. The lowest BCUT2D eigenvalue weighted by molar-refractivity contribution is 0.0587. The van der Waals surface area contributed by atoms with E-state index in [0.717, 1.165) is 0 Å². The molecule has 0 amide bonds. The van der Waals surface area contributed by atoms with Crippen LogP contribution in [0.4, 0.5) is 0 Å². The van der Waals surface area contributed by atoms with E-state index < -0.39 is 15.8 Å². The Balaban J connectivity index is 2.27. The minimum atomic E-state index is -3.24. The number of esters is 1. The van der Waals surface area contributed by atoms with Gasteiger partial charge in [0.25, 0.3) is 5.82 Å². The third-order valence-electron chi connectivity index (χ3n) is 2.79. The Kier molecular flexibility index (Phi) is 4.37. The predicted octanol–water partition coefficient (Wildman–Crippen LogP) is 1.24. The molecule has 0 saturated heterocycles. The Morgan fingerprint density at radius 2 is 1.95 bits per heavy atom. The summed E-state index contributed by atoms with van der Waals surface area (Å²) in [4.78, 5) is 15.4. The highest BCUT2D eigenvalue weighted by molar-refractivity contribution is 7.91. The predicted molar refractivity (Wildman–Crippen MR) is 75.0 cm³/mol.